The Morgan fingerprint density at radius 2 is 2.16 bits per heavy atom. The van der Waals surface area contributed by atoms with Crippen molar-refractivity contribution in [3.05, 3.63) is 23.0 Å². The van der Waals surface area contributed by atoms with Gasteiger partial charge in [-0.3, -0.25) is 4.98 Å². The van der Waals surface area contributed by atoms with E-state index in [2.05, 4.69) is 30.2 Å². The van der Waals surface area contributed by atoms with Crippen molar-refractivity contribution in [2.45, 2.75) is 53.0 Å². The molecule has 3 N–H and O–H groups in total. The highest BCUT2D eigenvalue weighted by Crippen LogP contribution is 2.39. The van der Waals surface area contributed by atoms with Gasteiger partial charge in [-0.05, 0) is 38.2 Å². The molecule has 1 aliphatic rings. The fraction of sp³-hybridized carbons (Fsp3) is 0.600. The maximum Gasteiger partial charge on any atom is 0.107 e. The number of nitrogens with two attached hydrogens (primary N) is 1. The molecule has 1 fully saturated rings. The number of anilines is 1. The zero-order valence-electron chi connectivity index (χ0n) is 12.2. The third kappa shape index (κ3) is 2.89. The molecule has 1 aromatic rings. The first-order chi connectivity index (χ1) is 8.81. The molecule has 3 nitrogen and oxygen atoms in total. The molecular formula is C15H23N3S. The van der Waals surface area contributed by atoms with Crippen molar-refractivity contribution in [1.82, 2.24) is 4.98 Å². The highest BCUT2D eigenvalue weighted by Gasteiger charge is 2.34. The third-order valence-corrected chi connectivity index (χ3v) is 4.37. The molecule has 1 unspecified atom stereocenters. The van der Waals surface area contributed by atoms with Crippen LogP contribution >= 0.6 is 12.2 Å². The van der Waals surface area contributed by atoms with Crippen molar-refractivity contribution >= 4 is 22.9 Å². The molecule has 0 amide bonds. The molecule has 19 heavy (non-hydrogen) atoms. The topological polar surface area (TPSA) is 50.9 Å². The van der Waals surface area contributed by atoms with Crippen LogP contribution in [0.1, 0.15) is 50.1 Å². The van der Waals surface area contributed by atoms with Crippen molar-refractivity contribution in [2.24, 2.45) is 11.1 Å². The van der Waals surface area contributed by atoms with E-state index in [4.69, 9.17) is 18.0 Å². The molecule has 0 bridgehead atoms. The molecule has 2 rings (SSSR count). The fourth-order valence-electron chi connectivity index (χ4n) is 3.04. The molecular weight excluding hydrogens is 254 g/mol. The van der Waals surface area contributed by atoms with Gasteiger partial charge in [0.25, 0.3) is 0 Å². The van der Waals surface area contributed by atoms with Crippen molar-refractivity contribution < 1.29 is 0 Å². The summed E-state index contributed by atoms with van der Waals surface area (Å²) in [5.74, 6) is 0. The van der Waals surface area contributed by atoms with Crippen LogP contribution in [0.4, 0.5) is 5.69 Å². The number of nitrogens with zero attached hydrogens (tertiary/aromatic N) is 1. The summed E-state index contributed by atoms with van der Waals surface area (Å²) < 4.78 is 0. The Labute approximate surface area is 121 Å². The lowest BCUT2D eigenvalue weighted by Gasteiger charge is -2.30. The van der Waals surface area contributed by atoms with Crippen LogP contribution in [0.5, 0.6) is 0 Å². The Morgan fingerprint density at radius 3 is 2.68 bits per heavy atom. The van der Waals surface area contributed by atoms with Crippen molar-refractivity contribution in [3.63, 3.8) is 0 Å². The number of hydrogen-bond donors (Lipinski definition) is 2. The molecule has 0 spiro atoms. The first-order valence-corrected chi connectivity index (χ1v) is 7.26. The largest absolute Gasteiger partial charge is 0.389 e. The minimum Gasteiger partial charge on any atom is -0.389 e. The Balaban J connectivity index is 2.37. The number of thiocarbonyl (C=S) groups is 1. The number of rotatable bonds is 3. The molecule has 1 heterocycles. The van der Waals surface area contributed by atoms with Crippen LogP contribution in [-0.2, 0) is 0 Å². The van der Waals surface area contributed by atoms with Gasteiger partial charge in [0, 0.05) is 23.1 Å². The lowest BCUT2D eigenvalue weighted by molar-refractivity contribution is 0.350. The highest BCUT2D eigenvalue weighted by atomic mass is 32.1. The molecule has 1 atom stereocenters. The number of pyridine rings is 1. The minimum atomic E-state index is 0.318. The SMILES string of the molecule is Cc1cc(NC2CCCC2(C)C)c(C(N)=S)c(C)n1. The number of nitrogens with one attached hydrogen (secondary N) is 1. The minimum absolute atomic E-state index is 0.318. The van der Waals surface area contributed by atoms with Gasteiger partial charge in [-0.25, -0.2) is 0 Å². The Morgan fingerprint density at radius 1 is 1.47 bits per heavy atom. The monoisotopic (exact) mass is 277 g/mol. The molecule has 0 saturated heterocycles. The van der Waals surface area contributed by atoms with Crippen LogP contribution in [0, 0.1) is 19.3 Å². The molecule has 1 aliphatic carbocycles. The van der Waals surface area contributed by atoms with Gasteiger partial charge in [-0.1, -0.05) is 32.5 Å². The highest BCUT2D eigenvalue weighted by molar-refractivity contribution is 7.80. The van der Waals surface area contributed by atoms with E-state index in [1.807, 2.05) is 13.8 Å². The number of hydrogen-bond acceptors (Lipinski definition) is 3. The van der Waals surface area contributed by atoms with Gasteiger partial charge in [0.05, 0.1) is 5.56 Å². The summed E-state index contributed by atoms with van der Waals surface area (Å²) in [5.41, 5.74) is 10.0. The lowest BCUT2D eigenvalue weighted by Crippen LogP contribution is -2.32. The van der Waals surface area contributed by atoms with E-state index in [0.717, 1.165) is 22.6 Å². The van der Waals surface area contributed by atoms with Crippen molar-refractivity contribution in [2.75, 3.05) is 5.32 Å². The van der Waals surface area contributed by atoms with E-state index in [1.54, 1.807) is 0 Å². The molecule has 1 aromatic heterocycles. The van der Waals surface area contributed by atoms with E-state index in [-0.39, 0.29) is 0 Å². The summed E-state index contributed by atoms with van der Waals surface area (Å²) in [4.78, 5) is 4.88. The summed E-state index contributed by atoms with van der Waals surface area (Å²) >= 11 is 5.18. The van der Waals surface area contributed by atoms with Crippen LogP contribution in [0.2, 0.25) is 0 Å². The third-order valence-electron chi connectivity index (χ3n) is 4.16. The second-order valence-electron chi connectivity index (χ2n) is 6.21. The quantitative estimate of drug-likeness (QED) is 0.832. The normalized spacial score (nSPS) is 21.4. The summed E-state index contributed by atoms with van der Waals surface area (Å²) in [7, 11) is 0. The Kier molecular flexibility index (Phi) is 3.81. The predicted octanol–water partition coefficient (Wildman–Crippen LogP) is 3.32. The average molecular weight is 277 g/mol. The van der Waals surface area contributed by atoms with Gasteiger partial charge in [0.2, 0.25) is 0 Å². The molecule has 0 aliphatic heterocycles. The standard InChI is InChI=1S/C15H23N3S/c1-9-8-11(13(14(16)19)10(2)17-9)18-12-6-5-7-15(12,3)4/h8,12H,5-7H2,1-4H3,(H2,16,19)(H,17,18). The van der Waals surface area contributed by atoms with Crippen LogP contribution in [0.3, 0.4) is 0 Å². The number of aryl methyl sites for hydroxylation is 2. The predicted molar refractivity (Wildman–Crippen MR) is 84.6 cm³/mol. The first-order valence-electron chi connectivity index (χ1n) is 6.86. The fourth-order valence-corrected chi connectivity index (χ4v) is 3.29. The van der Waals surface area contributed by atoms with Crippen LogP contribution in [0.15, 0.2) is 6.07 Å². The lowest BCUT2D eigenvalue weighted by atomic mass is 9.87. The summed E-state index contributed by atoms with van der Waals surface area (Å²) in [6, 6.07) is 2.53. The summed E-state index contributed by atoms with van der Waals surface area (Å²) in [6.45, 7) is 8.60. The maximum atomic E-state index is 5.86. The van der Waals surface area contributed by atoms with Gasteiger partial charge in [-0.2, -0.15) is 0 Å². The van der Waals surface area contributed by atoms with Crippen LogP contribution < -0.4 is 11.1 Å². The average Bonchev–Trinajstić information content (AvgIpc) is 2.56. The summed E-state index contributed by atoms with van der Waals surface area (Å²) in [6.07, 6.45) is 3.73. The van der Waals surface area contributed by atoms with Crippen molar-refractivity contribution in [1.29, 1.82) is 0 Å². The zero-order valence-corrected chi connectivity index (χ0v) is 13.0. The van der Waals surface area contributed by atoms with Crippen LogP contribution in [0.25, 0.3) is 0 Å². The van der Waals surface area contributed by atoms with Crippen molar-refractivity contribution in [3.8, 4) is 0 Å². The zero-order chi connectivity index (χ0) is 14.2. The smallest absolute Gasteiger partial charge is 0.107 e. The molecule has 1 saturated carbocycles. The number of aromatic nitrogens is 1. The summed E-state index contributed by atoms with van der Waals surface area (Å²) in [5, 5.41) is 3.66. The molecule has 0 aromatic carbocycles. The molecule has 4 heteroatoms. The van der Waals surface area contributed by atoms with E-state index >= 15 is 0 Å². The van der Waals surface area contributed by atoms with Gasteiger partial charge in [-0.15, -0.1) is 0 Å². The van der Waals surface area contributed by atoms with E-state index in [1.165, 1.54) is 19.3 Å². The van der Waals surface area contributed by atoms with E-state index in [0.29, 0.717) is 16.4 Å². The first kappa shape index (κ1) is 14.3. The second-order valence-corrected chi connectivity index (χ2v) is 6.65. The van der Waals surface area contributed by atoms with Crippen LogP contribution in [-0.4, -0.2) is 16.0 Å². The molecule has 0 radical (unpaired) electrons. The van der Waals surface area contributed by atoms with Gasteiger partial charge >= 0.3 is 0 Å². The molecule has 104 valence electrons. The second kappa shape index (κ2) is 5.08. The van der Waals surface area contributed by atoms with Gasteiger partial charge in [0.15, 0.2) is 0 Å². The van der Waals surface area contributed by atoms with E-state index < -0.39 is 0 Å². The van der Waals surface area contributed by atoms with Gasteiger partial charge in [0.1, 0.15) is 4.99 Å². The Hall–Kier alpha value is -1.16. The van der Waals surface area contributed by atoms with Gasteiger partial charge < -0.3 is 11.1 Å². The maximum absolute atomic E-state index is 5.86. The Bertz CT molecular complexity index is 508. The van der Waals surface area contributed by atoms with E-state index in [9.17, 15) is 0 Å².